The van der Waals surface area contributed by atoms with Gasteiger partial charge >= 0.3 is 72.3 Å². The summed E-state index contributed by atoms with van der Waals surface area (Å²) in [4.78, 5) is 70.5. The van der Waals surface area contributed by atoms with Crippen molar-refractivity contribution in [2.45, 2.75) is 0 Å². The van der Waals surface area contributed by atoms with Crippen molar-refractivity contribution >= 4 is 35.8 Å². The molecule has 0 radical (unpaired) electrons. The highest BCUT2D eigenvalue weighted by Gasteiger charge is 2.43. The Labute approximate surface area is 312 Å². The maximum absolute atomic E-state index is 13.5. The molecule has 0 aliphatic carbocycles. The largest absolute Gasteiger partial charge is 0.459 e. The fourth-order valence-electron chi connectivity index (χ4n) is 3.14. The van der Waals surface area contributed by atoms with Crippen molar-refractivity contribution < 1.29 is 141 Å². The second kappa shape index (κ2) is 24.0. The molecule has 13 nitrogen and oxygen atoms in total. The highest BCUT2D eigenvalue weighted by Crippen LogP contribution is 2.29. The molecular formula is C28H16F18O13. The molecule has 0 N–H and O–H groups in total. The van der Waals surface area contributed by atoms with Gasteiger partial charge in [-0.05, 0) is 0 Å². The summed E-state index contributed by atoms with van der Waals surface area (Å²) < 4.78 is 262. The molecule has 0 rings (SSSR count). The van der Waals surface area contributed by atoms with E-state index in [4.69, 9.17) is 4.74 Å². The lowest BCUT2D eigenvalue weighted by Gasteiger charge is -2.35. The molecular weight excluding hydrogens is 886 g/mol. The van der Waals surface area contributed by atoms with Crippen LogP contribution in [0.4, 0.5) is 79.0 Å². The molecule has 59 heavy (non-hydrogen) atoms. The molecule has 0 aliphatic rings. The molecule has 0 heterocycles. The molecule has 0 unspecified atom stereocenters. The average Bonchev–Trinajstić information content (AvgIpc) is 3.18. The Morgan fingerprint density at radius 3 is 0.508 bits per heavy atom. The summed E-state index contributed by atoms with van der Waals surface area (Å²) in [5.74, 6) is -34.8. The molecule has 31 heteroatoms. The Kier molecular flexibility index (Phi) is 21.6. The number of rotatable bonds is 22. The molecule has 0 atom stereocenters. The van der Waals surface area contributed by atoms with Crippen LogP contribution in [0.2, 0.25) is 0 Å². The van der Waals surface area contributed by atoms with Gasteiger partial charge in [0.1, 0.15) is 39.6 Å². The van der Waals surface area contributed by atoms with E-state index in [-0.39, 0.29) is 0 Å². The predicted molar refractivity (Wildman–Crippen MR) is 144 cm³/mol. The van der Waals surface area contributed by atoms with Crippen LogP contribution in [0.25, 0.3) is 0 Å². The van der Waals surface area contributed by atoms with Crippen LogP contribution in [0.5, 0.6) is 0 Å². The number of hydrogen-bond donors (Lipinski definition) is 0. The van der Waals surface area contributed by atoms with Crippen LogP contribution in [0, 0.1) is 10.8 Å². The van der Waals surface area contributed by atoms with Crippen LogP contribution in [0.3, 0.4) is 0 Å². The molecule has 0 bridgehead atoms. The van der Waals surface area contributed by atoms with E-state index >= 15 is 0 Å². The molecule has 0 aromatic rings. The van der Waals surface area contributed by atoms with E-state index < -0.39 is 171 Å². The third kappa shape index (κ3) is 17.6. The van der Waals surface area contributed by atoms with E-state index in [9.17, 15) is 108 Å². The van der Waals surface area contributed by atoms with Gasteiger partial charge in [0.25, 0.3) is 35.0 Å². The van der Waals surface area contributed by atoms with Crippen LogP contribution >= 0.6 is 0 Å². The van der Waals surface area contributed by atoms with Crippen molar-refractivity contribution in [3.05, 3.63) is 71.4 Å². The van der Waals surface area contributed by atoms with Gasteiger partial charge in [-0.3, -0.25) is 0 Å². The molecule has 0 aromatic carbocycles. The van der Waals surface area contributed by atoms with Crippen LogP contribution in [-0.4, -0.2) is 88.7 Å². The Balaban J connectivity index is 7.54. The molecule has 0 aromatic heterocycles. The summed E-state index contributed by atoms with van der Waals surface area (Å²) >= 11 is 0. The number of hydrogen-bond acceptors (Lipinski definition) is 13. The van der Waals surface area contributed by atoms with Crippen molar-refractivity contribution in [2.75, 3.05) is 52.9 Å². The molecule has 0 amide bonds. The molecule has 0 spiro atoms. The van der Waals surface area contributed by atoms with Gasteiger partial charge in [0, 0.05) is 0 Å². The van der Waals surface area contributed by atoms with Crippen LogP contribution in [0.1, 0.15) is 0 Å². The lowest BCUT2D eigenvalue weighted by molar-refractivity contribution is -0.173. The van der Waals surface area contributed by atoms with Gasteiger partial charge in [0.15, 0.2) is 0 Å². The number of carbonyl (C=O) groups excluding carboxylic acids is 6. The van der Waals surface area contributed by atoms with E-state index in [1.807, 2.05) is 0 Å². The highest BCUT2D eigenvalue weighted by molar-refractivity contribution is 5.88. The first-order valence-electron chi connectivity index (χ1n) is 14.0. The maximum Gasteiger partial charge on any atom is 0.372 e. The van der Waals surface area contributed by atoms with Crippen LogP contribution in [-0.2, 0) is 61.9 Å². The quantitative estimate of drug-likeness (QED) is 0.0488. The van der Waals surface area contributed by atoms with Gasteiger partial charge in [-0.2, -0.15) is 79.0 Å². The van der Waals surface area contributed by atoms with Gasteiger partial charge < -0.3 is 33.2 Å². The average molecular weight is 902 g/mol. The summed E-state index contributed by atoms with van der Waals surface area (Å²) in [6.07, 6.45) is -20.6. The van der Waals surface area contributed by atoms with E-state index in [0.29, 0.717) is 0 Å². The van der Waals surface area contributed by atoms with Gasteiger partial charge in [0.2, 0.25) is 0 Å². The van der Waals surface area contributed by atoms with Crippen molar-refractivity contribution in [1.29, 1.82) is 0 Å². The normalized spacial score (nSPS) is 10.9. The summed E-state index contributed by atoms with van der Waals surface area (Å²) in [7, 11) is 0. The van der Waals surface area contributed by atoms with Gasteiger partial charge in [0.05, 0.1) is 24.0 Å². The van der Waals surface area contributed by atoms with Gasteiger partial charge in [-0.25, -0.2) is 28.8 Å². The van der Waals surface area contributed by atoms with Crippen LogP contribution < -0.4 is 0 Å². The maximum atomic E-state index is 13.5. The van der Waals surface area contributed by atoms with Crippen LogP contribution in [0.15, 0.2) is 71.4 Å². The Morgan fingerprint density at radius 1 is 0.254 bits per heavy atom. The third-order valence-electron chi connectivity index (χ3n) is 5.94. The predicted octanol–water partition coefficient (Wildman–Crippen LogP) is 6.70. The molecule has 0 saturated carbocycles. The first-order valence-corrected chi connectivity index (χ1v) is 14.0. The van der Waals surface area contributed by atoms with E-state index in [1.54, 1.807) is 0 Å². The number of ether oxygens (including phenoxy) is 7. The van der Waals surface area contributed by atoms with Crippen molar-refractivity contribution in [1.82, 2.24) is 0 Å². The fraction of sp³-hybridized carbons (Fsp3) is 0.357. The molecule has 0 fully saturated rings. The first-order chi connectivity index (χ1) is 27.1. The second-order valence-corrected chi connectivity index (χ2v) is 10.4. The Bertz CT molecular complexity index is 1470. The topological polar surface area (TPSA) is 167 Å². The summed E-state index contributed by atoms with van der Waals surface area (Å²) in [5.41, 5.74) is -6.43. The van der Waals surface area contributed by atoms with E-state index in [0.717, 1.165) is 0 Å². The zero-order valence-electron chi connectivity index (χ0n) is 27.8. The first kappa shape index (κ1) is 53.0. The smallest absolute Gasteiger partial charge is 0.372 e. The molecule has 0 aliphatic heterocycles. The second-order valence-electron chi connectivity index (χ2n) is 10.4. The minimum absolute atomic E-state index is 1.89. The Hall–Kier alpha value is -6.04. The minimum atomic E-state index is -3.44. The van der Waals surface area contributed by atoms with E-state index in [1.165, 1.54) is 0 Å². The SMILES string of the molecule is O=C(OCC(COCC(COC(=O)C(F)=C(F)F)(COC(=O)C(F)=C(F)F)COC(=O)C(F)=C(F)F)(COC(=O)C(F)=C(F)F)COC(=O)C(F)=C(F)F)C(F)=C(F)F. The number of carbonyl (C=O) groups is 6. The molecule has 332 valence electrons. The van der Waals surface area contributed by atoms with Gasteiger partial charge in [-0.15, -0.1) is 0 Å². The number of halogens is 18. The summed E-state index contributed by atoms with van der Waals surface area (Å²) in [6, 6.07) is 0. The van der Waals surface area contributed by atoms with Crippen molar-refractivity contribution in [2.24, 2.45) is 10.8 Å². The van der Waals surface area contributed by atoms with E-state index in [2.05, 4.69) is 28.4 Å². The molecule has 0 saturated heterocycles. The van der Waals surface area contributed by atoms with Crippen molar-refractivity contribution in [3.63, 3.8) is 0 Å². The Morgan fingerprint density at radius 2 is 0.390 bits per heavy atom. The highest BCUT2D eigenvalue weighted by atomic mass is 19.3. The third-order valence-corrected chi connectivity index (χ3v) is 5.94. The fourth-order valence-corrected chi connectivity index (χ4v) is 3.14. The summed E-state index contributed by atoms with van der Waals surface area (Å²) in [6.45, 7) is -15.9. The lowest BCUT2D eigenvalue weighted by Crippen LogP contribution is -2.47. The minimum Gasteiger partial charge on any atom is -0.459 e. The summed E-state index contributed by atoms with van der Waals surface area (Å²) in [5, 5.41) is 0. The lowest BCUT2D eigenvalue weighted by atomic mass is 9.90. The zero-order valence-corrected chi connectivity index (χ0v) is 27.8. The van der Waals surface area contributed by atoms with Gasteiger partial charge in [-0.1, -0.05) is 0 Å². The zero-order chi connectivity index (χ0) is 46.0. The standard InChI is InChI=1S/C28H16F18O13/c29-9(15(35)36)21(47)54-3-27(4-55-22(48)10(30)16(37)38,5-56-23(49)11(31)17(39)40)1-53-2-28(6-57-24(50)12(32)18(41)42,7-58-25(51)13(33)19(43)44)8-59-26(52)14(34)20(45)46/h1-8H2. The monoisotopic (exact) mass is 902 g/mol. The van der Waals surface area contributed by atoms with Crippen molar-refractivity contribution in [3.8, 4) is 0 Å². The number of esters is 6.